The van der Waals surface area contributed by atoms with E-state index in [1.165, 1.54) is 30.5 Å². The van der Waals surface area contributed by atoms with Crippen LogP contribution in [0.1, 0.15) is 5.69 Å². The molecular weight excluding hydrogens is 240 g/mol. The average molecular weight is 248 g/mol. The minimum Gasteiger partial charge on any atom is -0.409 e. The van der Waals surface area contributed by atoms with E-state index in [1.807, 2.05) is 0 Å². The lowest BCUT2D eigenvalue weighted by molar-refractivity contribution is 0.318. The molecule has 8 heteroatoms. The second-order valence-electron chi connectivity index (χ2n) is 2.87. The Morgan fingerprint density at radius 1 is 1.24 bits per heavy atom. The van der Waals surface area contributed by atoms with Crippen LogP contribution in [-0.4, -0.2) is 31.0 Å². The van der Waals surface area contributed by atoms with Crippen LogP contribution in [-0.2, 0) is 0 Å². The lowest BCUT2D eigenvalue weighted by Crippen LogP contribution is -2.15. The van der Waals surface area contributed by atoms with Gasteiger partial charge in [0.05, 0.1) is 12.4 Å². The summed E-state index contributed by atoms with van der Waals surface area (Å²) in [4.78, 5) is 16.0. The topological polar surface area (TPSA) is 110 Å². The molecule has 0 unspecified atom stereocenters. The highest BCUT2D eigenvalue weighted by molar-refractivity contribution is 7.99. The monoisotopic (exact) mass is 248 g/mol. The highest BCUT2D eigenvalue weighted by atomic mass is 32.2. The molecular formula is C9H8N6OS. The van der Waals surface area contributed by atoms with Gasteiger partial charge in [0.1, 0.15) is 22.1 Å². The number of rotatable bonds is 3. The molecule has 0 aromatic carbocycles. The normalized spacial score (nSPS) is 11.4. The SMILES string of the molecule is NC(=NO)c1cnc(Sc2ccncn2)cn1. The third kappa shape index (κ3) is 2.88. The van der Waals surface area contributed by atoms with E-state index < -0.39 is 0 Å². The molecule has 2 heterocycles. The van der Waals surface area contributed by atoms with Gasteiger partial charge in [-0.05, 0) is 17.8 Å². The van der Waals surface area contributed by atoms with Crippen LogP contribution in [0.3, 0.4) is 0 Å². The van der Waals surface area contributed by atoms with Crippen molar-refractivity contribution in [1.29, 1.82) is 0 Å². The molecule has 0 spiro atoms. The van der Waals surface area contributed by atoms with Crippen molar-refractivity contribution in [2.24, 2.45) is 10.9 Å². The molecule has 0 amide bonds. The van der Waals surface area contributed by atoms with Crippen molar-refractivity contribution in [3.63, 3.8) is 0 Å². The van der Waals surface area contributed by atoms with Gasteiger partial charge in [-0.3, -0.25) is 0 Å². The highest BCUT2D eigenvalue weighted by Gasteiger charge is 2.04. The summed E-state index contributed by atoms with van der Waals surface area (Å²) in [7, 11) is 0. The summed E-state index contributed by atoms with van der Waals surface area (Å²) in [6, 6.07) is 1.77. The molecule has 0 aliphatic heterocycles. The maximum atomic E-state index is 8.47. The number of amidine groups is 1. The molecule has 0 atom stereocenters. The minimum absolute atomic E-state index is 0.0731. The number of nitrogens with two attached hydrogens (primary N) is 1. The third-order valence-electron chi connectivity index (χ3n) is 1.76. The van der Waals surface area contributed by atoms with Gasteiger partial charge in [-0.25, -0.2) is 19.9 Å². The molecule has 2 aromatic heterocycles. The zero-order valence-corrected chi connectivity index (χ0v) is 9.37. The number of aromatic nitrogens is 4. The van der Waals surface area contributed by atoms with Crippen molar-refractivity contribution in [2.45, 2.75) is 10.1 Å². The summed E-state index contributed by atoms with van der Waals surface area (Å²) in [6.07, 6.45) is 6.06. The zero-order chi connectivity index (χ0) is 12.1. The molecule has 0 bridgehead atoms. The Morgan fingerprint density at radius 2 is 2.12 bits per heavy atom. The molecule has 17 heavy (non-hydrogen) atoms. The van der Waals surface area contributed by atoms with E-state index in [-0.39, 0.29) is 5.84 Å². The first-order valence-corrected chi connectivity index (χ1v) is 5.35. The summed E-state index contributed by atoms with van der Waals surface area (Å²) in [6.45, 7) is 0. The Bertz CT molecular complexity index is 515. The first-order chi connectivity index (χ1) is 8.29. The Labute approximate surface area is 101 Å². The molecule has 0 saturated heterocycles. The predicted octanol–water partition coefficient (Wildman–Crippen LogP) is 0.512. The van der Waals surface area contributed by atoms with Crippen LogP contribution >= 0.6 is 11.8 Å². The van der Waals surface area contributed by atoms with Crippen LogP contribution in [0.15, 0.2) is 46.2 Å². The van der Waals surface area contributed by atoms with Crippen LogP contribution in [0.25, 0.3) is 0 Å². The number of hydrogen-bond acceptors (Lipinski definition) is 7. The van der Waals surface area contributed by atoms with Gasteiger partial charge < -0.3 is 10.9 Å². The van der Waals surface area contributed by atoms with E-state index in [9.17, 15) is 0 Å². The zero-order valence-electron chi connectivity index (χ0n) is 8.56. The second kappa shape index (κ2) is 5.21. The van der Waals surface area contributed by atoms with Crippen LogP contribution in [0.4, 0.5) is 0 Å². The van der Waals surface area contributed by atoms with Gasteiger partial charge in [-0.2, -0.15) is 0 Å². The Balaban J connectivity index is 2.14. The van der Waals surface area contributed by atoms with E-state index in [4.69, 9.17) is 10.9 Å². The van der Waals surface area contributed by atoms with E-state index in [0.717, 1.165) is 5.03 Å². The number of nitrogens with zero attached hydrogens (tertiary/aromatic N) is 5. The van der Waals surface area contributed by atoms with Gasteiger partial charge in [0.25, 0.3) is 0 Å². The molecule has 2 rings (SSSR count). The van der Waals surface area contributed by atoms with Gasteiger partial charge in [0, 0.05) is 6.20 Å². The molecule has 0 radical (unpaired) electrons. The summed E-state index contributed by atoms with van der Waals surface area (Å²) >= 11 is 1.35. The molecule has 3 N–H and O–H groups in total. The maximum Gasteiger partial charge on any atom is 0.190 e. The molecule has 0 saturated carbocycles. The van der Waals surface area contributed by atoms with Crippen molar-refractivity contribution in [3.05, 3.63) is 36.7 Å². The molecule has 86 valence electrons. The fourth-order valence-corrected chi connectivity index (χ4v) is 1.65. The van der Waals surface area contributed by atoms with Gasteiger partial charge in [0.2, 0.25) is 0 Å². The van der Waals surface area contributed by atoms with Gasteiger partial charge in [0.15, 0.2) is 5.84 Å². The first kappa shape index (κ1) is 11.3. The first-order valence-electron chi connectivity index (χ1n) is 4.53. The second-order valence-corrected chi connectivity index (χ2v) is 3.92. The molecule has 7 nitrogen and oxygen atoms in total. The van der Waals surface area contributed by atoms with Crippen LogP contribution in [0.5, 0.6) is 0 Å². The number of oxime groups is 1. The lowest BCUT2D eigenvalue weighted by atomic mass is 10.4. The summed E-state index contributed by atoms with van der Waals surface area (Å²) in [5.74, 6) is -0.0731. The maximum absolute atomic E-state index is 8.47. The Kier molecular flexibility index (Phi) is 3.46. The highest BCUT2D eigenvalue weighted by Crippen LogP contribution is 2.21. The smallest absolute Gasteiger partial charge is 0.190 e. The van der Waals surface area contributed by atoms with E-state index >= 15 is 0 Å². The molecule has 0 fully saturated rings. The van der Waals surface area contributed by atoms with Crippen molar-refractivity contribution in [2.75, 3.05) is 0 Å². The van der Waals surface area contributed by atoms with E-state index in [2.05, 4.69) is 25.1 Å². The van der Waals surface area contributed by atoms with Gasteiger partial charge in [-0.1, -0.05) is 5.16 Å². The fourth-order valence-electron chi connectivity index (χ4n) is 0.998. The Hall–Kier alpha value is -2.22. The van der Waals surface area contributed by atoms with E-state index in [0.29, 0.717) is 10.7 Å². The quantitative estimate of drug-likeness (QED) is 0.268. The van der Waals surface area contributed by atoms with Crippen LogP contribution in [0, 0.1) is 0 Å². The van der Waals surface area contributed by atoms with Gasteiger partial charge >= 0.3 is 0 Å². The molecule has 2 aromatic rings. The molecule has 0 aliphatic rings. The van der Waals surface area contributed by atoms with Crippen molar-refractivity contribution >= 4 is 17.6 Å². The predicted molar refractivity (Wildman–Crippen MR) is 60.7 cm³/mol. The summed E-state index contributed by atoms with van der Waals surface area (Å²) in [5.41, 5.74) is 5.69. The summed E-state index contributed by atoms with van der Waals surface area (Å²) in [5, 5.41) is 12.7. The molecule has 0 aliphatic carbocycles. The van der Waals surface area contributed by atoms with Crippen LogP contribution < -0.4 is 5.73 Å². The average Bonchev–Trinajstić information content (AvgIpc) is 2.40. The largest absolute Gasteiger partial charge is 0.409 e. The summed E-state index contributed by atoms with van der Waals surface area (Å²) < 4.78 is 0. The standard InChI is InChI=1S/C9H8N6OS/c10-9(15-16)6-3-13-8(4-12-6)17-7-1-2-11-5-14-7/h1-5,16H,(H2,10,15). The number of hydrogen-bond donors (Lipinski definition) is 2. The van der Waals surface area contributed by atoms with E-state index in [1.54, 1.807) is 12.3 Å². The van der Waals surface area contributed by atoms with Crippen molar-refractivity contribution < 1.29 is 5.21 Å². The van der Waals surface area contributed by atoms with Gasteiger partial charge in [-0.15, -0.1) is 0 Å². The third-order valence-corrected chi connectivity index (χ3v) is 2.63. The fraction of sp³-hybridized carbons (Fsp3) is 0. The van der Waals surface area contributed by atoms with Crippen molar-refractivity contribution in [3.8, 4) is 0 Å². The van der Waals surface area contributed by atoms with Crippen LogP contribution in [0.2, 0.25) is 0 Å². The minimum atomic E-state index is -0.0731. The van der Waals surface area contributed by atoms with Crippen molar-refractivity contribution in [1.82, 2.24) is 19.9 Å². The lowest BCUT2D eigenvalue weighted by Gasteiger charge is -2.00. The Morgan fingerprint density at radius 3 is 2.71 bits per heavy atom.